The molecule has 3 aromatic carbocycles. The Balaban J connectivity index is 2.37. The van der Waals surface area contributed by atoms with E-state index >= 15 is 0 Å². The predicted molar refractivity (Wildman–Crippen MR) is 72.7 cm³/mol. The Morgan fingerprint density at radius 3 is 2.39 bits per heavy atom. The third-order valence-corrected chi connectivity index (χ3v) is 3.04. The Morgan fingerprint density at radius 2 is 1.56 bits per heavy atom. The lowest BCUT2D eigenvalue weighted by Gasteiger charge is -2.09. The number of rotatable bonds is 1. The number of hydrogen-bond donors (Lipinski definition) is 2. The Bertz CT molecular complexity index is 717. The molecular weight excluding hydrogens is 224 g/mol. The van der Waals surface area contributed by atoms with E-state index in [2.05, 4.69) is 0 Å². The van der Waals surface area contributed by atoms with E-state index in [0.29, 0.717) is 0 Å². The summed E-state index contributed by atoms with van der Waals surface area (Å²) >= 11 is 0. The van der Waals surface area contributed by atoms with Gasteiger partial charge in [0.1, 0.15) is 11.5 Å². The average molecular weight is 236 g/mol. The highest BCUT2D eigenvalue weighted by molar-refractivity contribution is 5.99. The molecule has 0 radical (unpaired) electrons. The van der Waals surface area contributed by atoms with Gasteiger partial charge in [0.05, 0.1) is 0 Å². The molecule has 0 aromatic heterocycles. The Kier molecular flexibility index (Phi) is 2.41. The number of benzene rings is 3. The smallest absolute Gasteiger partial charge is 0.124 e. The fourth-order valence-electron chi connectivity index (χ4n) is 2.22. The average Bonchev–Trinajstić information content (AvgIpc) is 2.38. The summed E-state index contributed by atoms with van der Waals surface area (Å²) in [6.07, 6.45) is 0. The van der Waals surface area contributed by atoms with Gasteiger partial charge in [0.2, 0.25) is 0 Å². The van der Waals surface area contributed by atoms with Gasteiger partial charge in [-0.3, -0.25) is 0 Å². The van der Waals surface area contributed by atoms with Crippen LogP contribution in [-0.4, -0.2) is 10.2 Å². The molecule has 0 aliphatic carbocycles. The molecule has 2 nitrogen and oxygen atoms in total. The van der Waals surface area contributed by atoms with Crippen molar-refractivity contribution in [1.82, 2.24) is 0 Å². The van der Waals surface area contributed by atoms with Crippen LogP contribution in [0.2, 0.25) is 0 Å². The van der Waals surface area contributed by atoms with Crippen molar-refractivity contribution >= 4 is 10.8 Å². The minimum Gasteiger partial charge on any atom is -0.508 e. The van der Waals surface area contributed by atoms with E-state index in [9.17, 15) is 10.2 Å². The molecule has 0 bridgehead atoms. The van der Waals surface area contributed by atoms with Crippen LogP contribution in [0.3, 0.4) is 0 Å². The molecule has 0 saturated carbocycles. The first-order chi connectivity index (χ1) is 8.75. The van der Waals surface area contributed by atoms with Gasteiger partial charge in [0.25, 0.3) is 0 Å². The topological polar surface area (TPSA) is 40.5 Å². The highest BCUT2D eigenvalue weighted by atomic mass is 16.3. The van der Waals surface area contributed by atoms with Gasteiger partial charge < -0.3 is 10.2 Å². The second-order valence-corrected chi connectivity index (χ2v) is 4.23. The van der Waals surface area contributed by atoms with E-state index in [0.717, 1.165) is 21.9 Å². The Labute approximate surface area is 105 Å². The summed E-state index contributed by atoms with van der Waals surface area (Å²) in [5.74, 6) is 0.416. The van der Waals surface area contributed by atoms with E-state index in [4.69, 9.17) is 0 Å². The van der Waals surface area contributed by atoms with Crippen LogP contribution in [0.15, 0.2) is 60.7 Å². The molecule has 0 amide bonds. The summed E-state index contributed by atoms with van der Waals surface area (Å²) in [7, 11) is 0. The summed E-state index contributed by atoms with van der Waals surface area (Å²) in [5, 5.41) is 21.7. The highest BCUT2D eigenvalue weighted by Gasteiger charge is 2.09. The highest BCUT2D eigenvalue weighted by Crippen LogP contribution is 2.37. The largest absolute Gasteiger partial charge is 0.508 e. The van der Waals surface area contributed by atoms with Crippen molar-refractivity contribution in [1.29, 1.82) is 0 Å². The molecule has 2 heteroatoms. The van der Waals surface area contributed by atoms with E-state index in [1.807, 2.05) is 36.4 Å². The standard InChI is InChI=1S/C16H12O2/c17-13-6-3-5-12(10-13)16-14-7-2-1-4-11(14)8-9-15(16)18/h1-10,17-18H. The van der Waals surface area contributed by atoms with Crippen molar-refractivity contribution in [3.63, 3.8) is 0 Å². The van der Waals surface area contributed by atoms with Crippen molar-refractivity contribution in [3.05, 3.63) is 60.7 Å². The maximum atomic E-state index is 10.1. The fraction of sp³-hybridized carbons (Fsp3) is 0. The summed E-state index contributed by atoms with van der Waals surface area (Å²) < 4.78 is 0. The third kappa shape index (κ3) is 1.68. The zero-order valence-corrected chi connectivity index (χ0v) is 9.67. The number of phenolic OH excluding ortho intramolecular Hbond substituents is 2. The van der Waals surface area contributed by atoms with Gasteiger partial charge in [-0.25, -0.2) is 0 Å². The fourth-order valence-corrected chi connectivity index (χ4v) is 2.22. The molecule has 88 valence electrons. The Hall–Kier alpha value is -2.48. The van der Waals surface area contributed by atoms with Crippen LogP contribution >= 0.6 is 0 Å². The molecule has 0 aliphatic rings. The number of fused-ring (bicyclic) bond motifs is 1. The van der Waals surface area contributed by atoms with E-state index in [1.165, 1.54) is 0 Å². The minimum absolute atomic E-state index is 0.194. The second kappa shape index (κ2) is 4.08. The van der Waals surface area contributed by atoms with Crippen LogP contribution in [0, 0.1) is 0 Å². The van der Waals surface area contributed by atoms with Crippen LogP contribution in [-0.2, 0) is 0 Å². The molecule has 18 heavy (non-hydrogen) atoms. The molecule has 3 aromatic rings. The molecule has 0 fully saturated rings. The first kappa shape index (κ1) is 10.7. The SMILES string of the molecule is Oc1cccc(-c2c(O)ccc3ccccc23)c1. The zero-order chi connectivity index (χ0) is 12.5. The lowest BCUT2D eigenvalue weighted by molar-refractivity contribution is 0.474. The first-order valence-corrected chi connectivity index (χ1v) is 5.76. The summed E-state index contributed by atoms with van der Waals surface area (Å²) in [5.41, 5.74) is 1.56. The number of phenols is 2. The van der Waals surface area contributed by atoms with Gasteiger partial charge in [-0.05, 0) is 34.5 Å². The molecule has 0 heterocycles. The Morgan fingerprint density at radius 1 is 0.722 bits per heavy atom. The normalized spacial score (nSPS) is 10.7. The van der Waals surface area contributed by atoms with Gasteiger partial charge in [0.15, 0.2) is 0 Å². The molecule has 0 saturated heterocycles. The number of aromatic hydroxyl groups is 2. The summed E-state index contributed by atoms with van der Waals surface area (Å²) in [6.45, 7) is 0. The van der Waals surface area contributed by atoms with Crippen LogP contribution in [0.5, 0.6) is 11.5 Å². The molecular formula is C16H12O2. The molecule has 0 atom stereocenters. The van der Waals surface area contributed by atoms with Crippen LogP contribution in [0.25, 0.3) is 21.9 Å². The van der Waals surface area contributed by atoms with Crippen molar-refractivity contribution in [3.8, 4) is 22.6 Å². The summed E-state index contributed by atoms with van der Waals surface area (Å²) in [4.78, 5) is 0. The van der Waals surface area contributed by atoms with Gasteiger partial charge in [-0.2, -0.15) is 0 Å². The lowest BCUT2D eigenvalue weighted by Crippen LogP contribution is -1.82. The molecule has 0 aliphatic heterocycles. The van der Waals surface area contributed by atoms with Crippen LogP contribution in [0.4, 0.5) is 0 Å². The lowest BCUT2D eigenvalue weighted by atomic mass is 9.97. The second-order valence-electron chi connectivity index (χ2n) is 4.23. The maximum Gasteiger partial charge on any atom is 0.124 e. The molecule has 0 spiro atoms. The van der Waals surface area contributed by atoms with Crippen molar-refractivity contribution in [2.24, 2.45) is 0 Å². The van der Waals surface area contributed by atoms with Crippen LogP contribution < -0.4 is 0 Å². The zero-order valence-electron chi connectivity index (χ0n) is 9.67. The van der Waals surface area contributed by atoms with Crippen molar-refractivity contribution in [2.45, 2.75) is 0 Å². The molecule has 2 N–H and O–H groups in total. The minimum atomic E-state index is 0.194. The maximum absolute atomic E-state index is 10.1. The van der Waals surface area contributed by atoms with Gasteiger partial charge in [0, 0.05) is 5.56 Å². The van der Waals surface area contributed by atoms with Gasteiger partial charge >= 0.3 is 0 Å². The van der Waals surface area contributed by atoms with Crippen molar-refractivity contribution in [2.75, 3.05) is 0 Å². The van der Waals surface area contributed by atoms with E-state index in [1.54, 1.807) is 24.3 Å². The van der Waals surface area contributed by atoms with Gasteiger partial charge in [-0.15, -0.1) is 0 Å². The quantitative estimate of drug-likeness (QED) is 0.672. The molecule has 3 rings (SSSR count). The van der Waals surface area contributed by atoms with E-state index in [-0.39, 0.29) is 11.5 Å². The summed E-state index contributed by atoms with van der Waals surface area (Å²) in [6, 6.07) is 18.4. The van der Waals surface area contributed by atoms with Crippen molar-refractivity contribution < 1.29 is 10.2 Å². The van der Waals surface area contributed by atoms with E-state index < -0.39 is 0 Å². The van der Waals surface area contributed by atoms with Crippen LogP contribution in [0.1, 0.15) is 0 Å². The monoisotopic (exact) mass is 236 g/mol. The molecule has 0 unspecified atom stereocenters. The predicted octanol–water partition coefficient (Wildman–Crippen LogP) is 3.92. The first-order valence-electron chi connectivity index (χ1n) is 5.76. The third-order valence-electron chi connectivity index (χ3n) is 3.04. The van der Waals surface area contributed by atoms with Gasteiger partial charge in [-0.1, -0.05) is 42.5 Å². The number of hydrogen-bond acceptors (Lipinski definition) is 2.